The second-order valence-corrected chi connectivity index (χ2v) is 4.83. The van der Waals surface area contributed by atoms with E-state index in [2.05, 4.69) is 9.72 Å². The van der Waals surface area contributed by atoms with Crippen LogP contribution in [0.5, 0.6) is 0 Å². The van der Waals surface area contributed by atoms with E-state index in [4.69, 9.17) is 9.15 Å². The molecule has 1 aromatic carbocycles. The van der Waals surface area contributed by atoms with E-state index in [0.717, 1.165) is 10.5 Å². The Morgan fingerprint density at radius 2 is 2.00 bits per heavy atom. The molecule has 0 fully saturated rings. The molecule has 0 aliphatic rings. The highest BCUT2D eigenvalue weighted by Crippen LogP contribution is 2.25. The number of carbonyl (C=O) groups excluding carboxylic acids is 1. The lowest BCUT2D eigenvalue weighted by molar-refractivity contribution is 0.0559. The third-order valence-electron chi connectivity index (χ3n) is 2.69. The zero-order valence-electron chi connectivity index (χ0n) is 11.5. The number of hydrogen-bond acceptors (Lipinski definition) is 6. The van der Waals surface area contributed by atoms with E-state index in [1.807, 2.05) is 30.5 Å². The van der Waals surface area contributed by atoms with Crippen LogP contribution in [0.25, 0.3) is 11.5 Å². The van der Waals surface area contributed by atoms with Crippen LogP contribution in [0.3, 0.4) is 0 Å². The summed E-state index contributed by atoms with van der Waals surface area (Å²) in [5.41, 5.74) is 1.23. The Bertz CT molecular complexity index is 592. The van der Waals surface area contributed by atoms with E-state index in [1.165, 1.54) is 14.2 Å². The molecule has 0 amide bonds. The topological polar surface area (TPSA) is 61.6 Å². The second kappa shape index (κ2) is 6.58. The summed E-state index contributed by atoms with van der Waals surface area (Å²) in [7, 11) is 2.83. The fourth-order valence-electron chi connectivity index (χ4n) is 1.70. The first-order chi connectivity index (χ1) is 9.69. The number of nitrogens with zero attached hydrogens (tertiary/aromatic N) is 1. The Kier molecular flexibility index (Phi) is 4.81. The zero-order valence-corrected chi connectivity index (χ0v) is 12.3. The minimum atomic E-state index is -0.559. The van der Waals surface area contributed by atoms with Crippen molar-refractivity contribution in [3.05, 3.63) is 35.7 Å². The van der Waals surface area contributed by atoms with Gasteiger partial charge in [-0.25, -0.2) is 9.78 Å². The van der Waals surface area contributed by atoms with E-state index >= 15 is 0 Å². The molecule has 6 heteroatoms. The van der Waals surface area contributed by atoms with Crippen LogP contribution < -0.4 is 0 Å². The number of esters is 1. The average molecular weight is 293 g/mol. The number of methoxy groups -OCH3 is 2. The molecule has 2 aromatic rings. The molecular formula is C14H15NO4S. The van der Waals surface area contributed by atoms with Gasteiger partial charge in [0.2, 0.25) is 11.7 Å². The molecule has 0 atom stereocenters. The summed E-state index contributed by atoms with van der Waals surface area (Å²) in [6.07, 6.45) is 2.01. The lowest BCUT2D eigenvalue weighted by atomic mass is 10.2. The van der Waals surface area contributed by atoms with Gasteiger partial charge in [0.05, 0.1) is 13.7 Å². The predicted molar refractivity (Wildman–Crippen MR) is 75.8 cm³/mol. The van der Waals surface area contributed by atoms with E-state index in [0.29, 0.717) is 11.6 Å². The Balaban J connectivity index is 2.38. The SMILES string of the molecule is COCc1nc(-c2ccc(SC)cc2)oc1C(=O)OC. The van der Waals surface area contributed by atoms with Crippen LogP contribution in [0.15, 0.2) is 33.6 Å². The zero-order chi connectivity index (χ0) is 14.5. The van der Waals surface area contributed by atoms with Crippen LogP contribution in [0.4, 0.5) is 0 Å². The van der Waals surface area contributed by atoms with E-state index in [-0.39, 0.29) is 12.4 Å². The fraction of sp³-hybridized carbons (Fsp3) is 0.286. The van der Waals surface area contributed by atoms with Gasteiger partial charge in [0, 0.05) is 17.6 Å². The molecule has 0 aliphatic heterocycles. The summed E-state index contributed by atoms with van der Waals surface area (Å²) in [6, 6.07) is 7.74. The number of hydrogen-bond donors (Lipinski definition) is 0. The maximum Gasteiger partial charge on any atom is 0.376 e. The Labute approximate surface area is 121 Å². The Hall–Kier alpha value is -1.79. The number of rotatable bonds is 5. The number of benzene rings is 1. The molecule has 0 aliphatic carbocycles. The standard InChI is InChI=1S/C14H15NO4S/c1-17-8-11-12(14(16)18-2)19-13(15-11)9-4-6-10(20-3)7-5-9/h4-7H,8H2,1-3H3. The highest BCUT2D eigenvalue weighted by Gasteiger charge is 2.21. The monoisotopic (exact) mass is 293 g/mol. The maximum absolute atomic E-state index is 11.6. The first-order valence-electron chi connectivity index (χ1n) is 5.91. The van der Waals surface area contributed by atoms with E-state index < -0.39 is 5.97 Å². The predicted octanol–water partition coefficient (Wildman–Crippen LogP) is 3.00. The second-order valence-electron chi connectivity index (χ2n) is 3.95. The summed E-state index contributed by atoms with van der Waals surface area (Å²) in [5, 5.41) is 0. The van der Waals surface area contributed by atoms with Crippen molar-refractivity contribution in [3.8, 4) is 11.5 Å². The Morgan fingerprint density at radius 1 is 1.30 bits per heavy atom. The summed E-state index contributed by atoms with van der Waals surface area (Å²) in [6.45, 7) is 0.191. The van der Waals surface area contributed by atoms with Gasteiger partial charge in [-0.2, -0.15) is 0 Å². The third-order valence-corrected chi connectivity index (χ3v) is 3.43. The minimum absolute atomic E-state index is 0.0818. The average Bonchev–Trinajstić information content (AvgIpc) is 2.91. The normalized spacial score (nSPS) is 10.6. The first kappa shape index (κ1) is 14.6. The van der Waals surface area contributed by atoms with Gasteiger partial charge in [-0.05, 0) is 30.5 Å². The molecule has 2 rings (SSSR count). The largest absolute Gasteiger partial charge is 0.463 e. The van der Waals surface area contributed by atoms with Crippen molar-refractivity contribution < 1.29 is 18.7 Å². The molecule has 0 N–H and O–H groups in total. The van der Waals surface area contributed by atoms with E-state index in [9.17, 15) is 4.79 Å². The van der Waals surface area contributed by atoms with E-state index in [1.54, 1.807) is 11.8 Å². The van der Waals surface area contributed by atoms with Crippen LogP contribution in [0, 0.1) is 0 Å². The summed E-state index contributed by atoms with van der Waals surface area (Å²) in [5.74, 6) is -0.0973. The molecule has 1 aromatic heterocycles. The van der Waals surface area contributed by atoms with Crippen LogP contribution in [0.1, 0.15) is 16.2 Å². The Morgan fingerprint density at radius 3 is 2.55 bits per heavy atom. The number of ether oxygens (including phenoxy) is 2. The van der Waals surface area contributed by atoms with Crippen molar-refractivity contribution in [2.45, 2.75) is 11.5 Å². The van der Waals surface area contributed by atoms with Gasteiger partial charge >= 0.3 is 5.97 Å². The van der Waals surface area contributed by atoms with Gasteiger partial charge in [-0.3, -0.25) is 0 Å². The van der Waals surface area contributed by atoms with Gasteiger partial charge in [-0.1, -0.05) is 0 Å². The third kappa shape index (κ3) is 3.02. The molecular weight excluding hydrogens is 278 g/mol. The molecule has 0 saturated carbocycles. The quantitative estimate of drug-likeness (QED) is 0.624. The molecule has 0 bridgehead atoms. The minimum Gasteiger partial charge on any atom is -0.463 e. The number of carbonyl (C=O) groups is 1. The lowest BCUT2D eigenvalue weighted by Gasteiger charge is -1.98. The van der Waals surface area contributed by atoms with Gasteiger partial charge in [-0.15, -0.1) is 11.8 Å². The fourth-order valence-corrected chi connectivity index (χ4v) is 2.10. The molecule has 20 heavy (non-hydrogen) atoms. The van der Waals surface area contributed by atoms with Crippen molar-refractivity contribution in [1.82, 2.24) is 4.98 Å². The van der Waals surface area contributed by atoms with Crippen LogP contribution in [0.2, 0.25) is 0 Å². The number of thioether (sulfide) groups is 1. The number of oxazole rings is 1. The summed E-state index contributed by atoms with van der Waals surface area (Å²) in [4.78, 5) is 17.1. The lowest BCUT2D eigenvalue weighted by Crippen LogP contribution is -2.04. The molecule has 0 unspecified atom stereocenters. The molecule has 106 valence electrons. The van der Waals surface area contributed by atoms with Crippen LogP contribution in [-0.4, -0.2) is 31.4 Å². The van der Waals surface area contributed by atoms with Crippen molar-refractivity contribution in [2.24, 2.45) is 0 Å². The molecule has 0 spiro atoms. The maximum atomic E-state index is 11.6. The van der Waals surface area contributed by atoms with Gasteiger partial charge in [0.25, 0.3) is 0 Å². The molecule has 0 saturated heterocycles. The number of aromatic nitrogens is 1. The highest BCUT2D eigenvalue weighted by atomic mass is 32.2. The highest BCUT2D eigenvalue weighted by molar-refractivity contribution is 7.98. The van der Waals surface area contributed by atoms with Crippen molar-refractivity contribution in [3.63, 3.8) is 0 Å². The van der Waals surface area contributed by atoms with Crippen LogP contribution >= 0.6 is 11.8 Å². The summed E-state index contributed by atoms with van der Waals surface area (Å²) < 4.78 is 15.2. The van der Waals surface area contributed by atoms with Crippen LogP contribution in [-0.2, 0) is 16.1 Å². The van der Waals surface area contributed by atoms with Crippen molar-refractivity contribution >= 4 is 17.7 Å². The summed E-state index contributed by atoms with van der Waals surface area (Å²) >= 11 is 1.65. The van der Waals surface area contributed by atoms with Gasteiger partial charge in [0.1, 0.15) is 5.69 Å². The molecule has 5 nitrogen and oxygen atoms in total. The van der Waals surface area contributed by atoms with Crippen molar-refractivity contribution in [2.75, 3.05) is 20.5 Å². The van der Waals surface area contributed by atoms with Crippen molar-refractivity contribution in [1.29, 1.82) is 0 Å². The van der Waals surface area contributed by atoms with Gasteiger partial charge in [0.15, 0.2) is 0 Å². The molecule has 0 radical (unpaired) electrons. The molecule has 1 heterocycles. The van der Waals surface area contributed by atoms with Gasteiger partial charge < -0.3 is 13.9 Å². The first-order valence-corrected chi connectivity index (χ1v) is 7.13. The smallest absolute Gasteiger partial charge is 0.376 e.